The van der Waals surface area contributed by atoms with Gasteiger partial charge in [0.2, 0.25) is 11.4 Å². The van der Waals surface area contributed by atoms with E-state index in [1.807, 2.05) is 0 Å². The quantitative estimate of drug-likeness (QED) is 0.487. The molecule has 2 saturated heterocycles. The maximum absolute atomic E-state index is 14.3. The number of esters is 1. The Balaban J connectivity index is 1.69. The number of carbonyl (C=O) groups excluding carboxylic acids is 1. The van der Waals surface area contributed by atoms with E-state index in [2.05, 4.69) is 0 Å². The van der Waals surface area contributed by atoms with E-state index in [-0.39, 0.29) is 17.7 Å². The monoisotopic (exact) mass is 510 g/mol. The Morgan fingerprint density at radius 3 is 2.60 bits per heavy atom. The fourth-order valence-electron chi connectivity index (χ4n) is 4.43. The molecule has 3 N–H and O–H groups in total. The van der Waals surface area contributed by atoms with Crippen molar-refractivity contribution in [2.24, 2.45) is 0 Å². The maximum atomic E-state index is 14.3. The Morgan fingerprint density at radius 1 is 1.20 bits per heavy atom. The number of benzene rings is 2. The highest BCUT2D eigenvalue weighted by Crippen LogP contribution is 2.50. The second-order valence-electron chi connectivity index (χ2n) is 8.96. The lowest BCUT2D eigenvalue weighted by atomic mass is 9.83. The summed E-state index contributed by atoms with van der Waals surface area (Å²) in [5.74, 6) is -3.24. The lowest BCUT2D eigenvalue weighted by Gasteiger charge is -2.45. The highest BCUT2D eigenvalue weighted by atomic mass is 35.5. The number of halogens is 2. The van der Waals surface area contributed by atoms with Gasteiger partial charge in [-0.25, -0.2) is 9.18 Å². The van der Waals surface area contributed by atoms with Crippen LogP contribution in [0.15, 0.2) is 36.4 Å². The highest BCUT2D eigenvalue weighted by Gasteiger charge is 2.71. The molecule has 0 spiro atoms. The molecule has 2 aromatic carbocycles. The van der Waals surface area contributed by atoms with Crippen LogP contribution in [-0.2, 0) is 31.2 Å². The van der Waals surface area contributed by atoms with E-state index < -0.39 is 54.2 Å². The number of ether oxygens (including phenoxy) is 4. The molecule has 190 valence electrons. The zero-order chi connectivity index (χ0) is 25.5. The van der Waals surface area contributed by atoms with Crippen molar-refractivity contribution >= 4 is 17.6 Å². The summed E-state index contributed by atoms with van der Waals surface area (Å²) in [6.07, 6.45) is -5.54. The number of carbonyl (C=O) groups is 1. The molecule has 10 heteroatoms. The minimum Gasteiger partial charge on any atom is -0.491 e. The van der Waals surface area contributed by atoms with E-state index >= 15 is 0 Å². The number of hydrogen-bond donors (Lipinski definition) is 3. The summed E-state index contributed by atoms with van der Waals surface area (Å²) in [7, 11) is 0. The van der Waals surface area contributed by atoms with Gasteiger partial charge in [-0.1, -0.05) is 23.7 Å². The number of aliphatic hydroxyl groups is 3. The second kappa shape index (κ2) is 9.65. The molecule has 2 bridgehead atoms. The Hall–Kier alpha value is -2.27. The average molecular weight is 511 g/mol. The van der Waals surface area contributed by atoms with Gasteiger partial charge in [0.25, 0.3) is 0 Å². The highest BCUT2D eigenvalue weighted by molar-refractivity contribution is 6.31. The average Bonchev–Trinajstić information content (AvgIpc) is 3.20. The predicted molar refractivity (Wildman–Crippen MR) is 123 cm³/mol. The Kier molecular flexibility index (Phi) is 7.11. The van der Waals surface area contributed by atoms with Crippen molar-refractivity contribution in [1.82, 2.24) is 0 Å². The van der Waals surface area contributed by atoms with Crippen molar-refractivity contribution in [2.75, 3.05) is 13.2 Å². The number of rotatable bonds is 7. The van der Waals surface area contributed by atoms with E-state index in [4.69, 9.17) is 30.5 Å². The fourth-order valence-corrected chi connectivity index (χ4v) is 4.62. The molecule has 2 aromatic rings. The predicted octanol–water partition coefficient (Wildman–Crippen LogP) is 2.45. The molecular formula is C25H28ClFO8. The summed E-state index contributed by atoms with van der Waals surface area (Å²) in [5, 5.41) is 32.5. The van der Waals surface area contributed by atoms with Crippen molar-refractivity contribution in [3.63, 3.8) is 0 Å². The van der Waals surface area contributed by atoms with E-state index in [0.29, 0.717) is 22.8 Å². The first-order valence-corrected chi connectivity index (χ1v) is 11.7. The summed E-state index contributed by atoms with van der Waals surface area (Å²) in [6, 6.07) is 9.26. The van der Waals surface area contributed by atoms with Gasteiger partial charge >= 0.3 is 5.97 Å². The third-order valence-corrected chi connectivity index (χ3v) is 6.54. The molecule has 8 nitrogen and oxygen atoms in total. The van der Waals surface area contributed by atoms with Crippen LogP contribution in [0.4, 0.5) is 4.39 Å². The van der Waals surface area contributed by atoms with Crippen LogP contribution in [0.3, 0.4) is 0 Å². The normalized spacial score (nSPS) is 29.9. The Morgan fingerprint density at radius 2 is 1.94 bits per heavy atom. The van der Waals surface area contributed by atoms with Crippen LogP contribution in [0.5, 0.6) is 5.75 Å². The van der Waals surface area contributed by atoms with Gasteiger partial charge in [0.05, 0.1) is 19.3 Å². The van der Waals surface area contributed by atoms with Gasteiger partial charge in [-0.05, 0) is 62.6 Å². The molecule has 0 aliphatic carbocycles. The molecule has 0 unspecified atom stereocenters. The van der Waals surface area contributed by atoms with Crippen LogP contribution in [0.1, 0.15) is 37.5 Å². The third kappa shape index (κ3) is 4.41. The molecule has 35 heavy (non-hydrogen) atoms. The first kappa shape index (κ1) is 25.8. The minimum atomic E-state index is -2.03. The van der Waals surface area contributed by atoms with Gasteiger partial charge < -0.3 is 34.3 Å². The van der Waals surface area contributed by atoms with Gasteiger partial charge in [-0.2, -0.15) is 0 Å². The van der Waals surface area contributed by atoms with Crippen LogP contribution < -0.4 is 4.74 Å². The van der Waals surface area contributed by atoms with Gasteiger partial charge in [-0.15, -0.1) is 0 Å². The van der Waals surface area contributed by atoms with E-state index in [9.17, 15) is 24.5 Å². The van der Waals surface area contributed by atoms with Crippen LogP contribution >= 0.6 is 11.6 Å². The van der Waals surface area contributed by atoms with Crippen molar-refractivity contribution in [1.29, 1.82) is 0 Å². The topological polar surface area (TPSA) is 115 Å². The summed E-state index contributed by atoms with van der Waals surface area (Å²) in [6.45, 7) is 4.91. The third-order valence-electron chi connectivity index (χ3n) is 6.18. The van der Waals surface area contributed by atoms with Crippen molar-refractivity contribution in [2.45, 2.75) is 63.0 Å². The molecule has 0 saturated carbocycles. The second-order valence-corrected chi connectivity index (χ2v) is 9.37. The smallest absolute Gasteiger partial charge is 0.344 e. The molecule has 2 heterocycles. The van der Waals surface area contributed by atoms with Crippen molar-refractivity contribution < 1.29 is 43.5 Å². The zero-order valence-corrected chi connectivity index (χ0v) is 20.3. The summed E-state index contributed by atoms with van der Waals surface area (Å²) >= 11 is 6.40. The first-order chi connectivity index (χ1) is 16.5. The largest absolute Gasteiger partial charge is 0.491 e. The molecule has 0 amide bonds. The van der Waals surface area contributed by atoms with Crippen LogP contribution in [-0.4, -0.2) is 64.5 Å². The molecule has 4 rings (SSSR count). The van der Waals surface area contributed by atoms with Crippen LogP contribution in [0.2, 0.25) is 5.02 Å². The standard InChI is InChI=1S/C25H28ClFO8/c1-4-32-19-8-5-14(10-18(19)27)9-15-11-16(6-7-17(15)26)25-22(30)20(28)21(29)24(35-25,12-33-25)23(31)34-13(2)3/h5-8,10-11,13,20-22,28-30H,4,9,12H2,1-3H3/t20-,21-,22+,24-,25-/m0/s1. The molecule has 5 atom stereocenters. The van der Waals surface area contributed by atoms with Crippen molar-refractivity contribution in [3.05, 3.63) is 63.9 Å². The van der Waals surface area contributed by atoms with Gasteiger partial charge in [0.15, 0.2) is 11.6 Å². The molecule has 0 radical (unpaired) electrons. The van der Waals surface area contributed by atoms with Crippen LogP contribution in [0.25, 0.3) is 0 Å². The lowest BCUT2D eigenvalue weighted by Crippen LogP contribution is -2.67. The maximum Gasteiger partial charge on any atom is 0.344 e. The van der Waals surface area contributed by atoms with Crippen LogP contribution in [0, 0.1) is 5.82 Å². The van der Waals surface area contributed by atoms with Gasteiger partial charge in [0.1, 0.15) is 18.3 Å². The molecule has 2 aliphatic rings. The molecule has 2 fully saturated rings. The summed E-state index contributed by atoms with van der Waals surface area (Å²) in [5.41, 5.74) is -0.586. The van der Waals surface area contributed by atoms with Gasteiger partial charge in [0, 0.05) is 10.6 Å². The summed E-state index contributed by atoms with van der Waals surface area (Å²) in [4.78, 5) is 12.8. The van der Waals surface area contributed by atoms with E-state index in [1.165, 1.54) is 18.2 Å². The molecule has 0 aromatic heterocycles. The molecular weight excluding hydrogens is 483 g/mol. The SMILES string of the molecule is CCOc1ccc(Cc2cc([C@]34OC[C@](C(=O)OC(C)C)(O3)[C@@H](O)[C@H](O)[C@H]4O)ccc2Cl)cc1F. The Bertz CT molecular complexity index is 1110. The number of aliphatic hydroxyl groups excluding tert-OH is 3. The van der Waals surface area contributed by atoms with E-state index in [1.54, 1.807) is 39.0 Å². The summed E-state index contributed by atoms with van der Waals surface area (Å²) < 4.78 is 36.6. The van der Waals surface area contributed by atoms with Gasteiger partial charge in [-0.3, -0.25) is 0 Å². The lowest BCUT2D eigenvalue weighted by molar-refractivity contribution is -0.323. The number of fused-ring (bicyclic) bond motifs is 2. The number of hydrogen-bond acceptors (Lipinski definition) is 8. The first-order valence-electron chi connectivity index (χ1n) is 11.3. The van der Waals surface area contributed by atoms with Crippen molar-refractivity contribution in [3.8, 4) is 5.75 Å². The molecule has 2 aliphatic heterocycles. The zero-order valence-electron chi connectivity index (χ0n) is 19.5. The fraction of sp³-hybridized carbons (Fsp3) is 0.480. The van der Waals surface area contributed by atoms with E-state index in [0.717, 1.165) is 0 Å². The Labute approximate surface area is 207 Å². The minimum absolute atomic E-state index is 0.144.